The highest BCUT2D eigenvalue weighted by Crippen LogP contribution is 2.40. The van der Waals surface area contributed by atoms with Gasteiger partial charge >= 0.3 is 12.0 Å². The van der Waals surface area contributed by atoms with Crippen LogP contribution in [-0.4, -0.2) is 19.1 Å². The van der Waals surface area contributed by atoms with Gasteiger partial charge in [-0.15, -0.1) is 11.3 Å². The second kappa shape index (κ2) is 5.75. The van der Waals surface area contributed by atoms with Crippen LogP contribution in [0.15, 0.2) is 30.3 Å². The lowest BCUT2D eigenvalue weighted by atomic mass is 10.1. The maximum atomic E-state index is 11.9. The van der Waals surface area contributed by atoms with Gasteiger partial charge in [0, 0.05) is 4.88 Å². The molecule has 0 fully saturated rings. The third-order valence-electron chi connectivity index (χ3n) is 2.81. The Bertz CT molecular complexity index is 650. The lowest BCUT2D eigenvalue weighted by Crippen LogP contribution is -2.20. The zero-order valence-electron chi connectivity index (χ0n) is 11.1. The van der Waals surface area contributed by atoms with Gasteiger partial charge in [-0.1, -0.05) is 30.3 Å². The molecule has 104 valence electrons. The Kier molecular flexibility index (Phi) is 4.05. The molecule has 0 aliphatic carbocycles. The Hall–Kier alpha value is -2.34. The number of nitrogens with one attached hydrogen (secondary N) is 1. The summed E-state index contributed by atoms with van der Waals surface area (Å²) in [6.07, 6.45) is 0. The summed E-state index contributed by atoms with van der Waals surface area (Å²) >= 11 is 1.30. The molecule has 0 atom stereocenters. The van der Waals surface area contributed by atoms with Crippen molar-refractivity contribution in [3.05, 3.63) is 41.5 Å². The number of carbonyl (C=O) groups excluding carboxylic acids is 2. The second-order valence-electron chi connectivity index (χ2n) is 4.11. The van der Waals surface area contributed by atoms with E-state index < -0.39 is 12.0 Å². The van der Waals surface area contributed by atoms with Crippen LogP contribution in [-0.2, 0) is 4.74 Å². The van der Waals surface area contributed by atoms with Gasteiger partial charge in [-0.05, 0) is 18.1 Å². The van der Waals surface area contributed by atoms with Crippen molar-refractivity contribution in [2.75, 3.05) is 12.4 Å². The minimum absolute atomic E-state index is 0.343. The number of thiophene rings is 1. The molecule has 0 unspecified atom stereocenters. The Morgan fingerprint density at radius 1 is 1.25 bits per heavy atom. The van der Waals surface area contributed by atoms with E-state index in [1.807, 2.05) is 37.3 Å². The van der Waals surface area contributed by atoms with Gasteiger partial charge in [0.2, 0.25) is 0 Å². The summed E-state index contributed by atoms with van der Waals surface area (Å²) < 4.78 is 4.76. The van der Waals surface area contributed by atoms with Crippen molar-refractivity contribution in [3.63, 3.8) is 0 Å². The minimum atomic E-state index is -0.712. The van der Waals surface area contributed by atoms with E-state index in [-0.39, 0.29) is 0 Å². The number of hydrogen-bond donors (Lipinski definition) is 2. The summed E-state index contributed by atoms with van der Waals surface area (Å²) in [6, 6.07) is 8.90. The average Bonchev–Trinajstić information content (AvgIpc) is 2.75. The summed E-state index contributed by atoms with van der Waals surface area (Å²) in [5.41, 5.74) is 7.21. The molecule has 0 spiro atoms. The largest absolute Gasteiger partial charge is 0.465 e. The predicted octanol–water partition coefficient (Wildman–Crippen LogP) is 3.00. The van der Waals surface area contributed by atoms with Crippen molar-refractivity contribution in [1.82, 2.24) is 0 Å². The van der Waals surface area contributed by atoms with E-state index in [1.165, 1.54) is 18.4 Å². The highest BCUT2D eigenvalue weighted by atomic mass is 32.1. The molecule has 2 aromatic rings. The summed E-state index contributed by atoms with van der Waals surface area (Å²) in [7, 11) is 1.30. The molecule has 2 rings (SSSR count). The Morgan fingerprint density at radius 3 is 2.45 bits per heavy atom. The van der Waals surface area contributed by atoms with Crippen molar-refractivity contribution in [2.24, 2.45) is 5.73 Å². The normalized spacial score (nSPS) is 10.1. The standard InChI is InChI=1S/C14H14N2O3S/c1-8-10(13(17)19-2)12(16-14(15)18)20-11(8)9-6-4-3-5-7-9/h3-7H,1-2H3,(H3,15,16,18). The van der Waals surface area contributed by atoms with Gasteiger partial charge < -0.3 is 10.5 Å². The SMILES string of the molecule is COC(=O)c1c(NC(N)=O)sc(-c2ccccc2)c1C. The smallest absolute Gasteiger partial charge is 0.341 e. The van der Waals surface area contributed by atoms with E-state index in [0.29, 0.717) is 10.6 Å². The number of hydrogen-bond acceptors (Lipinski definition) is 4. The monoisotopic (exact) mass is 290 g/mol. The van der Waals surface area contributed by atoms with Gasteiger partial charge in [0.15, 0.2) is 0 Å². The molecule has 0 aliphatic heterocycles. The number of anilines is 1. The molecule has 1 aromatic heterocycles. The molecular weight excluding hydrogens is 276 g/mol. The molecule has 1 heterocycles. The Balaban J connectivity index is 2.58. The molecule has 3 N–H and O–H groups in total. The van der Waals surface area contributed by atoms with Crippen molar-refractivity contribution in [3.8, 4) is 10.4 Å². The lowest BCUT2D eigenvalue weighted by Gasteiger charge is -2.03. The van der Waals surface area contributed by atoms with E-state index in [0.717, 1.165) is 16.0 Å². The van der Waals surface area contributed by atoms with Gasteiger partial charge in [-0.2, -0.15) is 0 Å². The third kappa shape index (κ3) is 2.65. The molecule has 1 aromatic carbocycles. The molecule has 0 saturated heterocycles. The number of esters is 1. The number of urea groups is 1. The summed E-state index contributed by atoms with van der Waals surface area (Å²) in [5, 5.41) is 2.88. The number of carbonyl (C=O) groups is 2. The fourth-order valence-corrected chi connectivity index (χ4v) is 3.13. The van der Waals surface area contributed by atoms with Crippen molar-refractivity contribution in [1.29, 1.82) is 0 Å². The van der Waals surface area contributed by atoms with Crippen molar-refractivity contribution >= 4 is 28.3 Å². The quantitative estimate of drug-likeness (QED) is 0.852. The van der Waals surface area contributed by atoms with Gasteiger partial charge in [-0.25, -0.2) is 9.59 Å². The lowest BCUT2D eigenvalue weighted by molar-refractivity contribution is 0.0601. The van der Waals surface area contributed by atoms with E-state index in [1.54, 1.807) is 0 Å². The van der Waals surface area contributed by atoms with E-state index in [4.69, 9.17) is 10.5 Å². The number of primary amides is 1. The van der Waals surface area contributed by atoms with Crippen molar-refractivity contribution < 1.29 is 14.3 Å². The van der Waals surface area contributed by atoms with Crippen LogP contribution in [0.1, 0.15) is 15.9 Å². The zero-order chi connectivity index (χ0) is 14.7. The zero-order valence-corrected chi connectivity index (χ0v) is 11.9. The molecule has 0 saturated carbocycles. The maximum absolute atomic E-state index is 11.9. The van der Waals surface area contributed by atoms with Crippen LogP contribution in [0.3, 0.4) is 0 Å². The average molecular weight is 290 g/mol. The number of methoxy groups -OCH3 is 1. The van der Waals surface area contributed by atoms with Crippen LogP contribution in [0.5, 0.6) is 0 Å². The topological polar surface area (TPSA) is 81.4 Å². The molecule has 5 nitrogen and oxygen atoms in total. The third-order valence-corrected chi connectivity index (χ3v) is 4.07. The van der Waals surface area contributed by atoms with Gasteiger partial charge in [0.1, 0.15) is 5.00 Å². The van der Waals surface area contributed by atoms with Gasteiger partial charge in [-0.3, -0.25) is 5.32 Å². The maximum Gasteiger partial charge on any atom is 0.341 e. The molecule has 0 bridgehead atoms. The van der Waals surface area contributed by atoms with Crippen LogP contribution >= 0.6 is 11.3 Å². The fourth-order valence-electron chi connectivity index (χ4n) is 1.93. The highest BCUT2D eigenvalue weighted by Gasteiger charge is 2.23. The van der Waals surface area contributed by atoms with Crippen LogP contribution in [0.4, 0.5) is 9.80 Å². The molecule has 20 heavy (non-hydrogen) atoms. The molecular formula is C14H14N2O3S. The summed E-state index contributed by atoms with van der Waals surface area (Å²) in [4.78, 5) is 23.8. The van der Waals surface area contributed by atoms with Gasteiger partial charge in [0.05, 0.1) is 12.7 Å². The minimum Gasteiger partial charge on any atom is -0.465 e. The van der Waals surface area contributed by atoms with Crippen LogP contribution in [0.25, 0.3) is 10.4 Å². The van der Waals surface area contributed by atoms with Crippen LogP contribution in [0.2, 0.25) is 0 Å². The Morgan fingerprint density at radius 2 is 1.90 bits per heavy atom. The molecule has 0 aliphatic rings. The number of benzene rings is 1. The van der Waals surface area contributed by atoms with Crippen molar-refractivity contribution in [2.45, 2.75) is 6.92 Å². The summed E-state index contributed by atoms with van der Waals surface area (Å²) in [6.45, 7) is 1.82. The van der Waals surface area contributed by atoms with E-state index in [9.17, 15) is 9.59 Å². The fraction of sp³-hybridized carbons (Fsp3) is 0.143. The van der Waals surface area contributed by atoms with E-state index in [2.05, 4.69) is 5.32 Å². The highest BCUT2D eigenvalue weighted by molar-refractivity contribution is 7.20. The number of rotatable bonds is 3. The molecule has 0 radical (unpaired) electrons. The predicted molar refractivity (Wildman–Crippen MR) is 79.0 cm³/mol. The van der Waals surface area contributed by atoms with Crippen LogP contribution < -0.4 is 11.1 Å². The first-order valence-electron chi connectivity index (χ1n) is 5.88. The molecule has 6 heteroatoms. The first kappa shape index (κ1) is 14.1. The van der Waals surface area contributed by atoms with E-state index >= 15 is 0 Å². The second-order valence-corrected chi connectivity index (χ2v) is 5.13. The first-order chi connectivity index (χ1) is 9.54. The summed E-state index contributed by atoms with van der Waals surface area (Å²) in [5.74, 6) is -0.496. The van der Waals surface area contributed by atoms with Crippen LogP contribution in [0, 0.1) is 6.92 Å². The molecule has 2 amide bonds. The number of nitrogens with two attached hydrogens (primary N) is 1. The Labute approximate surface area is 120 Å². The number of amides is 2. The first-order valence-corrected chi connectivity index (χ1v) is 6.69. The van der Waals surface area contributed by atoms with Gasteiger partial charge in [0.25, 0.3) is 0 Å². The number of ether oxygens (including phenoxy) is 1.